The van der Waals surface area contributed by atoms with E-state index in [1.165, 1.54) is 6.07 Å². The Bertz CT molecular complexity index is 1510. The molecule has 2 aliphatic rings. The summed E-state index contributed by atoms with van der Waals surface area (Å²) in [6.45, 7) is 7.21. The zero-order valence-electron chi connectivity index (χ0n) is 21.8. The molecule has 0 saturated carbocycles. The Labute approximate surface area is 226 Å². The van der Waals surface area contributed by atoms with Gasteiger partial charge in [-0.15, -0.1) is 0 Å². The number of aromatic nitrogens is 4. The van der Waals surface area contributed by atoms with Crippen LogP contribution in [0.15, 0.2) is 54.7 Å². The molecule has 0 bridgehead atoms. The van der Waals surface area contributed by atoms with Crippen molar-refractivity contribution in [1.29, 1.82) is 5.26 Å². The molecule has 0 amide bonds. The fraction of sp³-hybridized carbons (Fsp3) is 0.379. The molecular formula is C29H30FN7O2. The van der Waals surface area contributed by atoms with Crippen molar-refractivity contribution in [3.05, 3.63) is 77.5 Å². The van der Waals surface area contributed by atoms with Crippen molar-refractivity contribution in [3.63, 3.8) is 0 Å². The highest BCUT2D eigenvalue weighted by Gasteiger charge is 2.29. The van der Waals surface area contributed by atoms with E-state index in [0.29, 0.717) is 11.4 Å². The first kappa shape index (κ1) is 25.2. The van der Waals surface area contributed by atoms with Crippen LogP contribution in [0.4, 0.5) is 10.2 Å². The summed E-state index contributed by atoms with van der Waals surface area (Å²) in [4.78, 5) is 18.9. The highest BCUT2D eigenvalue weighted by atomic mass is 19.1. The molecule has 2 fully saturated rings. The van der Waals surface area contributed by atoms with E-state index in [-0.39, 0.29) is 24.3 Å². The molecule has 0 aliphatic carbocycles. The lowest BCUT2D eigenvalue weighted by Gasteiger charge is -2.38. The van der Waals surface area contributed by atoms with Crippen molar-refractivity contribution in [2.75, 3.05) is 37.7 Å². The Kier molecular flexibility index (Phi) is 7.09. The zero-order chi connectivity index (χ0) is 26.8. The normalized spacial score (nSPS) is 18.5. The third-order valence-electron chi connectivity index (χ3n) is 7.54. The first-order chi connectivity index (χ1) is 19.1. The van der Waals surface area contributed by atoms with Crippen LogP contribution in [0.2, 0.25) is 0 Å². The summed E-state index contributed by atoms with van der Waals surface area (Å²) in [6, 6.07) is 16.0. The van der Waals surface area contributed by atoms with Crippen LogP contribution in [-0.4, -0.2) is 63.3 Å². The van der Waals surface area contributed by atoms with Gasteiger partial charge in [-0.3, -0.25) is 4.90 Å². The van der Waals surface area contributed by atoms with Gasteiger partial charge < -0.3 is 18.9 Å². The number of rotatable bonds is 8. The molecule has 39 heavy (non-hydrogen) atoms. The Hall–Kier alpha value is -4.07. The monoisotopic (exact) mass is 527 g/mol. The third kappa shape index (κ3) is 5.28. The predicted octanol–water partition coefficient (Wildman–Crippen LogP) is 4.09. The van der Waals surface area contributed by atoms with Crippen LogP contribution < -0.4 is 9.64 Å². The standard InChI is InChI=1S/C29H30FN7O2/c1-20(28-33-25-4-3-10-32-29(25)37(28)18-23-9-15-38-23)35-11-13-36(14-12-35)26-5-2-6-27(34-26)39-19-22-8-7-21(17-31)16-24(22)30/h2-8,10,16,20,23H,9,11-15,18-19H2,1H3/t20-,23+/m1/s1. The van der Waals surface area contributed by atoms with E-state index < -0.39 is 5.82 Å². The van der Waals surface area contributed by atoms with Gasteiger partial charge in [0, 0.05) is 50.6 Å². The largest absolute Gasteiger partial charge is 0.473 e. The number of nitriles is 1. The molecule has 4 aromatic rings. The summed E-state index contributed by atoms with van der Waals surface area (Å²) in [7, 11) is 0. The van der Waals surface area contributed by atoms with Crippen molar-refractivity contribution in [1.82, 2.24) is 24.4 Å². The number of benzene rings is 1. The van der Waals surface area contributed by atoms with Crippen molar-refractivity contribution in [3.8, 4) is 11.9 Å². The van der Waals surface area contributed by atoms with Gasteiger partial charge in [0.25, 0.3) is 0 Å². The number of piperazine rings is 1. The smallest absolute Gasteiger partial charge is 0.215 e. The summed E-state index contributed by atoms with van der Waals surface area (Å²) in [5, 5.41) is 8.93. The summed E-state index contributed by atoms with van der Waals surface area (Å²) in [5.41, 5.74) is 2.50. The average Bonchev–Trinajstić information content (AvgIpc) is 3.32. The minimum Gasteiger partial charge on any atom is -0.473 e. The van der Waals surface area contributed by atoms with Crippen LogP contribution in [0, 0.1) is 17.1 Å². The second-order valence-corrected chi connectivity index (χ2v) is 9.95. The third-order valence-corrected chi connectivity index (χ3v) is 7.54. The van der Waals surface area contributed by atoms with Crippen LogP contribution in [0.3, 0.4) is 0 Å². The van der Waals surface area contributed by atoms with Crippen molar-refractivity contribution in [2.45, 2.75) is 38.6 Å². The molecule has 0 radical (unpaired) electrons. The molecular weight excluding hydrogens is 497 g/mol. The predicted molar refractivity (Wildman–Crippen MR) is 144 cm³/mol. The maximum Gasteiger partial charge on any atom is 0.215 e. The van der Waals surface area contributed by atoms with Gasteiger partial charge in [-0.25, -0.2) is 14.4 Å². The van der Waals surface area contributed by atoms with Gasteiger partial charge in [-0.2, -0.15) is 10.2 Å². The SMILES string of the molecule is C[C@H](c1nc2cccnc2n1C[C@@H]1CCO1)N1CCN(c2cccc(OCc3ccc(C#N)cc3F)n2)CC1. The molecule has 2 atom stereocenters. The molecule has 200 valence electrons. The van der Waals surface area contributed by atoms with Crippen LogP contribution in [0.5, 0.6) is 5.88 Å². The Balaban J connectivity index is 1.10. The molecule has 0 spiro atoms. The van der Waals surface area contributed by atoms with Gasteiger partial charge in [0.2, 0.25) is 5.88 Å². The average molecular weight is 528 g/mol. The highest BCUT2D eigenvalue weighted by molar-refractivity contribution is 5.71. The number of ether oxygens (including phenoxy) is 2. The van der Waals surface area contributed by atoms with Crippen molar-refractivity contribution < 1.29 is 13.9 Å². The maximum absolute atomic E-state index is 14.2. The fourth-order valence-electron chi connectivity index (χ4n) is 5.15. The van der Waals surface area contributed by atoms with Gasteiger partial charge in [-0.1, -0.05) is 12.1 Å². The Morgan fingerprint density at radius 3 is 2.72 bits per heavy atom. The van der Waals surface area contributed by atoms with Gasteiger partial charge in [-0.05, 0) is 43.7 Å². The first-order valence-corrected chi connectivity index (χ1v) is 13.3. The lowest BCUT2D eigenvalue weighted by Crippen LogP contribution is -2.48. The van der Waals surface area contributed by atoms with E-state index in [0.717, 1.165) is 68.6 Å². The second-order valence-electron chi connectivity index (χ2n) is 9.95. The minimum absolute atomic E-state index is 0.0427. The molecule has 5 heterocycles. The molecule has 1 aromatic carbocycles. The number of hydrogen-bond donors (Lipinski definition) is 0. The highest BCUT2D eigenvalue weighted by Crippen LogP contribution is 2.28. The Morgan fingerprint density at radius 1 is 1.13 bits per heavy atom. The molecule has 0 N–H and O–H groups in total. The van der Waals surface area contributed by atoms with Gasteiger partial charge in [0.1, 0.15) is 29.6 Å². The number of imidazole rings is 1. The summed E-state index contributed by atoms with van der Waals surface area (Å²) >= 11 is 0. The van der Waals surface area contributed by atoms with E-state index in [1.54, 1.807) is 18.2 Å². The van der Waals surface area contributed by atoms with Gasteiger partial charge >= 0.3 is 0 Å². The van der Waals surface area contributed by atoms with E-state index in [2.05, 4.69) is 31.3 Å². The summed E-state index contributed by atoms with van der Waals surface area (Å²) in [5.74, 6) is 1.83. The van der Waals surface area contributed by atoms with Crippen LogP contribution in [0.25, 0.3) is 11.2 Å². The van der Waals surface area contributed by atoms with Crippen molar-refractivity contribution >= 4 is 17.0 Å². The summed E-state index contributed by atoms with van der Waals surface area (Å²) in [6.07, 6.45) is 3.11. The van der Waals surface area contributed by atoms with E-state index >= 15 is 0 Å². The molecule has 0 unspecified atom stereocenters. The van der Waals surface area contributed by atoms with Gasteiger partial charge in [0.15, 0.2) is 5.65 Å². The molecule has 2 saturated heterocycles. The van der Waals surface area contributed by atoms with Crippen LogP contribution >= 0.6 is 0 Å². The number of pyridine rings is 2. The number of anilines is 1. The number of halogens is 1. The lowest BCUT2D eigenvalue weighted by atomic mass is 10.1. The molecule has 6 rings (SSSR count). The first-order valence-electron chi connectivity index (χ1n) is 13.3. The topological polar surface area (TPSA) is 92.3 Å². The molecule has 9 nitrogen and oxygen atoms in total. The number of nitrogens with zero attached hydrogens (tertiary/aromatic N) is 7. The summed E-state index contributed by atoms with van der Waals surface area (Å²) < 4.78 is 28.0. The van der Waals surface area contributed by atoms with Crippen molar-refractivity contribution in [2.24, 2.45) is 0 Å². The second kappa shape index (κ2) is 11.0. The minimum atomic E-state index is -0.458. The quantitative estimate of drug-likeness (QED) is 0.338. The zero-order valence-corrected chi connectivity index (χ0v) is 21.8. The Morgan fingerprint density at radius 2 is 1.97 bits per heavy atom. The number of fused-ring (bicyclic) bond motifs is 1. The van der Waals surface area contributed by atoms with E-state index in [4.69, 9.17) is 19.7 Å². The maximum atomic E-state index is 14.2. The molecule has 2 aliphatic heterocycles. The van der Waals surface area contributed by atoms with Gasteiger partial charge in [0.05, 0.1) is 30.3 Å². The molecule has 10 heteroatoms. The number of hydrogen-bond acceptors (Lipinski definition) is 8. The fourth-order valence-corrected chi connectivity index (χ4v) is 5.15. The van der Waals surface area contributed by atoms with E-state index in [9.17, 15) is 4.39 Å². The van der Waals surface area contributed by atoms with E-state index in [1.807, 2.05) is 36.5 Å². The van der Waals surface area contributed by atoms with Crippen LogP contribution in [-0.2, 0) is 17.9 Å². The van der Waals surface area contributed by atoms with Crippen LogP contribution in [0.1, 0.15) is 36.3 Å². The molecule has 3 aromatic heterocycles. The lowest BCUT2D eigenvalue weighted by molar-refractivity contribution is -0.0594.